The van der Waals surface area contributed by atoms with Gasteiger partial charge in [-0.05, 0) is 73.5 Å². The maximum atomic E-state index is 12.7. The Labute approximate surface area is 209 Å². The van der Waals surface area contributed by atoms with E-state index in [0.717, 1.165) is 33.8 Å². The summed E-state index contributed by atoms with van der Waals surface area (Å²) in [5, 5.41) is 8.27. The van der Waals surface area contributed by atoms with Crippen molar-refractivity contribution in [3.8, 4) is 17.2 Å². The largest absolute Gasteiger partial charge is 0.493 e. The van der Waals surface area contributed by atoms with Gasteiger partial charge in [-0.3, -0.25) is 9.78 Å². The third-order valence-corrected chi connectivity index (χ3v) is 5.96. The molecule has 2 aromatic heterocycles. The minimum absolute atomic E-state index is 0.0798. The highest BCUT2D eigenvalue weighted by Gasteiger charge is 2.16. The number of pyridine rings is 1. The fraction of sp³-hybridized carbons (Fsp3) is 0.222. The van der Waals surface area contributed by atoms with Gasteiger partial charge < -0.3 is 14.8 Å². The standard InChI is InChI=1S/C27H27ClN4O3/c1-18-24(19(2)32(31-18)23-7-5-22(28)6-8-23)15-27(33)30-16-21-4-9-25(26(14-21)34-3)35-17-20-10-12-29-13-11-20/h4-14H,15-17H2,1-3H3,(H,30,33). The van der Waals surface area contributed by atoms with E-state index in [0.29, 0.717) is 29.7 Å². The van der Waals surface area contributed by atoms with E-state index in [2.05, 4.69) is 15.4 Å². The van der Waals surface area contributed by atoms with Gasteiger partial charge in [-0.2, -0.15) is 5.10 Å². The molecular weight excluding hydrogens is 464 g/mol. The van der Waals surface area contributed by atoms with Gasteiger partial charge in [0.15, 0.2) is 11.5 Å². The van der Waals surface area contributed by atoms with E-state index in [9.17, 15) is 4.79 Å². The fourth-order valence-electron chi connectivity index (χ4n) is 3.77. The van der Waals surface area contributed by atoms with Crippen molar-refractivity contribution in [2.45, 2.75) is 33.4 Å². The average Bonchev–Trinajstić information content (AvgIpc) is 3.15. The van der Waals surface area contributed by atoms with E-state index < -0.39 is 0 Å². The summed E-state index contributed by atoms with van der Waals surface area (Å²) in [4.78, 5) is 16.7. The summed E-state index contributed by atoms with van der Waals surface area (Å²) in [5.41, 5.74) is 5.50. The zero-order valence-corrected chi connectivity index (χ0v) is 20.7. The number of aromatic nitrogens is 3. The molecule has 4 aromatic rings. The molecule has 0 saturated carbocycles. The Bertz CT molecular complexity index is 1300. The molecule has 0 radical (unpaired) electrons. The van der Waals surface area contributed by atoms with Crippen molar-refractivity contribution in [3.63, 3.8) is 0 Å². The molecule has 1 N–H and O–H groups in total. The van der Waals surface area contributed by atoms with Crippen LogP contribution in [0.3, 0.4) is 0 Å². The van der Waals surface area contributed by atoms with Gasteiger partial charge >= 0.3 is 0 Å². The maximum Gasteiger partial charge on any atom is 0.224 e. The molecule has 0 fully saturated rings. The SMILES string of the molecule is COc1cc(CNC(=O)Cc2c(C)nn(-c3ccc(Cl)cc3)c2C)ccc1OCc1ccncc1. The molecule has 0 unspecified atom stereocenters. The number of hydrogen-bond acceptors (Lipinski definition) is 5. The summed E-state index contributed by atoms with van der Waals surface area (Å²) in [6.45, 7) is 4.67. The Morgan fingerprint density at radius 3 is 2.46 bits per heavy atom. The van der Waals surface area contributed by atoms with Gasteiger partial charge in [0.1, 0.15) is 6.61 Å². The second kappa shape index (κ2) is 11.1. The first-order valence-corrected chi connectivity index (χ1v) is 11.6. The van der Waals surface area contributed by atoms with Crippen LogP contribution in [-0.4, -0.2) is 27.8 Å². The third-order valence-electron chi connectivity index (χ3n) is 5.71. The minimum atomic E-state index is -0.0798. The van der Waals surface area contributed by atoms with Crippen LogP contribution in [0.25, 0.3) is 5.69 Å². The summed E-state index contributed by atoms with van der Waals surface area (Å²) < 4.78 is 13.2. The normalized spacial score (nSPS) is 10.7. The van der Waals surface area contributed by atoms with Crippen molar-refractivity contribution in [3.05, 3.63) is 100 Å². The Morgan fingerprint density at radius 1 is 1.00 bits per heavy atom. The van der Waals surface area contributed by atoms with Gasteiger partial charge in [-0.1, -0.05) is 17.7 Å². The molecule has 0 aliphatic rings. The molecule has 0 aliphatic heterocycles. The molecule has 0 saturated heterocycles. The van der Waals surface area contributed by atoms with Crippen molar-refractivity contribution in [1.82, 2.24) is 20.1 Å². The first-order chi connectivity index (χ1) is 16.9. The number of halogens is 1. The highest BCUT2D eigenvalue weighted by atomic mass is 35.5. The third kappa shape index (κ3) is 6.00. The van der Waals surface area contributed by atoms with Crippen LogP contribution < -0.4 is 14.8 Å². The van der Waals surface area contributed by atoms with E-state index in [1.54, 1.807) is 19.5 Å². The molecule has 0 bridgehead atoms. The Morgan fingerprint density at radius 2 is 1.74 bits per heavy atom. The van der Waals surface area contributed by atoms with Crippen molar-refractivity contribution in [2.75, 3.05) is 7.11 Å². The van der Waals surface area contributed by atoms with Gasteiger partial charge in [0.25, 0.3) is 0 Å². The number of benzene rings is 2. The molecule has 0 atom stereocenters. The topological polar surface area (TPSA) is 78.3 Å². The molecule has 4 rings (SSSR count). The number of hydrogen-bond donors (Lipinski definition) is 1. The lowest BCUT2D eigenvalue weighted by atomic mass is 10.1. The van der Waals surface area contributed by atoms with Crippen molar-refractivity contribution in [2.24, 2.45) is 0 Å². The van der Waals surface area contributed by atoms with Gasteiger partial charge in [0.05, 0.1) is 24.9 Å². The van der Waals surface area contributed by atoms with Crippen LogP contribution in [-0.2, 0) is 24.4 Å². The lowest BCUT2D eigenvalue weighted by Gasteiger charge is -2.13. The molecule has 180 valence electrons. The summed E-state index contributed by atoms with van der Waals surface area (Å²) in [6.07, 6.45) is 3.70. The van der Waals surface area contributed by atoms with Gasteiger partial charge in [0, 0.05) is 35.2 Å². The second-order valence-corrected chi connectivity index (χ2v) is 8.56. The van der Waals surface area contributed by atoms with Crippen LogP contribution in [0.15, 0.2) is 67.0 Å². The number of carbonyl (C=O) groups excluding carboxylic acids is 1. The summed E-state index contributed by atoms with van der Waals surface area (Å²) >= 11 is 6.00. The fourth-order valence-corrected chi connectivity index (χ4v) is 3.90. The number of amides is 1. The zero-order chi connectivity index (χ0) is 24.8. The van der Waals surface area contributed by atoms with E-state index in [1.807, 2.05) is 73.1 Å². The summed E-state index contributed by atoms with van der Waals surface area (Å²) in [5.74, 6) is 1.17. The second-order valence-electron chi connectivity index (χ2n) is 8.12. The summed E-state index contributed by atoms with van der Waals surface area (Å²) in [6, 6.07) is 16.9. The van der Waals surface area contributed by atoms with E-state index in [-0.39, 0.29) is 12.3 Å². The van der Waals surface area contributed by atoms with E-state index in [4.69, 9.17) is 21.1 Å². The number of aryl methyl sites for hydroxylation is 1. The van der Waals surface area contributed by atoms with Gasteiger partial charge in [-0.15, -0.1) is 0 Å². The molecule has 7 nitrogen and oxygen atoms in total. The van der Waals surface area contributed by atoms with E-state index >= 15 is 0 Å². The average molecular weight is 491 g/mol. The van der Waals surface area contributed by atoms with Crippen LogP contribution in [0.1, 0.15) is 28.1 Å². The van der Waals surface area contributed by atoms with Crippen molar-refractivity contribution < 1.29 is 14.3 Å². The smallest absolute Gasteiger partial charge is 0.224 e. The van der Waals surface area contributed by atoms with Crippen LogP contribution in [0, 0.1) is 13.8 Å². The lowest BCUT2D eigenvalue weighted by Crippen LogP contribution is -2.25. The Balaban J connectivity index is 1.37. The predicted molar refractivity (Wildman–Crippen MR) is 135 cm³/mol. The molecule has 1 amide bonds. The maximum absolute atomic E-state index is 12.7. The Hall–Kier alpha value is -3.84. The van der Waals surface area contributed by atoms with Crippen molar-refractivity contribution >= 4 is 17.5 Å². The van der Waals surface area contributed by atoms with Crippen molar-refractivity contribution in [1.29, 1.82) is 0 Å². The monoisotopic (exact) mass is 490 g/mol. The van der Waals surface area contributed by atoms with Crippen LogP contribution in [0.4, 0.5) is 0 Å². The Kier molecular flexibility index (Phi) is 7.67. The highest BCUT2D eigenvalue weighted by Crippen LogP contribution is 2.29. The first kappa shape index (κ1) is 24.3. The molecule has 8 heteroatoms. The quantitative estimate of drug-likeness (QED) is 0.358. The van der Waals surface area contributed by atoms with E-state index in [1.165, 1.54) is 0 Å². The van der Waals surface area contributed by atoms with Crippen LogP contribution in [0.5, 0.6) is 11.5 Å². The molecule has 2 aromatic carbocycles. The van der Waals surface area contributed by atoms with Crippen LogP contribution in [0.2, 0.25) is 5.02 Å². The van der Waals surface area contributed by atoms with Crippen LogP contribution >= 0.6 is 11.6 Å². The number of methoxy groups -OCH3 is 1. The zero-order valence-electron chi connectivity index (χ0n) is 19.9. The number of nitrogens with one attached hydrogen (secondary N) is 1. The minimum Gasteiger partial charge on any atom is -0.493 e. The predicted octanol–water partition coefficient (Wildman–Crippen LogP) is 4.98. The number of rotatable bonds is 9. The molecule has 2 heterocycles. The molecule has 35 heavy (non-hydrogen) atoms. The highest BCUT2D eigenvalue weighted by molar-refractivity contribution is 6.30. The number of carbonyl (C=O) groups is 1. The molecule has 0 aliphatic carbocycles. The van der Waals surface area contributed by atoms with Gasteiger partial charge in [0.2, 0.25) is 5.91 Å². The number of ether oxygens (including phenoxy) is 2. The van der Waals surface area contributed by atoms with Gasteiger partial charge in [-0.25, -0.2) is 4.68 Å². The lowest BCUT2D eigenvalue weighted by molar-refractivity contribution is -0.120. The number of nitrogens with zero attached hydrogens (tertiary/aromatic N) is 3. The summed E-state index contributed by atoms with van der Waals surface area (Å²) in [7, 11) is 1.60. The molecule has 0 spiro atoms. The first-order valence-electron chi connectivity index (χ1n) is 11.2. The molecular formula is C27H27ClN4O3.